The third-order valence-corrected chi connectivity index (χ3v) is 2.23. The molecule has 0 bridgehead atoms. The van der Waals surface area contributed by atoms with Gasteiger partial charge < -0.3 is 5.21 Å². The van der Waals surface area contributed by atoms with E-state index in [0.29, 0.717) is 15.8 Å². The molecule has 1 N–H and O–H groups in total. The maximum absolute atomic E-state index is 8.46. The predicted molar refractivity (Wildman–Crippen MR) is 50.5 cm³/mol. The van der Waals surface area contributed by atoms with Gasteiger partial charge in [-0.15, -0.1) is 0 Å². The fourth-order valence-corrected chi connectivity index (χ4v) is 1.08. The second kappa shape index (κ2) is 3.78. The summed E-state index contributed by atoms with van der Waals surface area (Å²) in [6, 6.07) is 5.05. The molecule has 0 aromatic heterocycles. The number of halogens is 2. The average Bonchev–Trinajstić information content (AvgIpc) is 2.08. The van der Waals surface area contributed by atoms with Gasteiger partial charge in [0.25, 0.3) is 0 Å². The van der Waals surface area contributed by atoms with Gasteiger partial charge in [-0.25, -0.2) is 0 Å². The van der Waals surface area contributed by atoms with Gasteiger partial charge in [0.1, 0.15) is 0 Å². The first-order chi connectivity index (χ1) is 5.65. The molecule has 0 radical (unpaired) electrons. The molecule has 0 amide bonds. The Morgan fingerprint density at radius 3 is 2.50 bits per heavy atom. The predicted octanol–water partition coefficient (Wildman–Crippen LogP) is 3.19. The molecule has 4 heteroatoms. The molecule has 12 heavy (non-hydrogen) atoms. The molecule has 0 spiro atoms. The highest BCUT2D eigenvalue weighted by atomic mass is 35.5. The third kappa shape index (κ3) is 1.90. The van der Waals surface area contributed by atoms with Crippen molar-refractivity contribution in [3.8, 4) is 0 Å². The molecule has 64 valence electrons. The summed E-state index contributed by atoms with van der Waals surface area (Å²) in [5, 5.41) is 12.5. The summed E-state index contributed by atoms with van der Waals surface area (Å²) in [7, 11) is 0. The summed E-state index contributed by atoms with van der Waals surface area (Å²) in [6.07, 6.45) is 0. The number of nitrogens with zero attached hydrogens (tertiary/aromatic N) is 1. The highest BCUT2D eigenvalue weighted by Gasteiger charge is 2.01. The maximum Gasteiger partial charge on any atom is 0.0837 e. The van der Waals surface area contributed by atoms with Gasteiger partial charge in [-0.3, -0.25) is 0 Å². The van der Waals surface area contributed by atoms with Crippen LogP contribution in [0.4, 0.5) is 0 Å². The molecular weight excluding hydrogens is 197 g/mol. The van der Waals surface area contributed by atoms with Gasteiger partial charge in [0, 0.05) is 5.56 Å². The van der Waals surface area contributed by atoms with Crippen molar-refractivity contribution in [1.82, 2.24) is 0 Å². The number of oxime groups is 1. The Bertz CT molecular complexity index is 323. The maximum atomic E-state index is 8.46. The minimum atomic E-state index is 0.456. The summed E-state index contributed by atoms with van der Waals surface area (Å²) in [5.41, 5.74) is 1.26. The molecule has 1 aromatic carbocycles. The summed E-state index contributed by atoms with van der Waals surface area (Å²) in [5.74, 6) is 0. The fourth-order valence-electron chi connectivity index (χ4n) is 0.779. The Balaban J connectivity index is 3.13. The van der Waals surface area contributed by atoms with Gasteiger partial charge in [0.05, 0.1) is 15.8 Å². The quantitative estimate of drug-likeness (QED) is 0.425. The highest BCUT2D eigenvalue weighted by molar-refractivity contribution is 6.42. The van der Waals surface area contributed by atoms with Gasteiger partial charge in [-0.1, -0.05) is 34.4 Å². The van der Waals surface area contributed by atoms with Crippen LogP contribution >= 0.6 is 23.2 Å². The van der Waals surface area contributed by atoms with Crippen molar-refractivity contribution in [3.05, 3.63) is 33.8 Å². The lowest BCUT2D eigenvalue weighted by atomic mass is 10.1. The molecule has 0 fully saturated rings. The van der Waals surface area contributed by atoms with Crippen molar-refractivity contribution < 1.29 is 5.21 Å². The molecule has 0 aliphatic rings. The van der Waals surface area contributed by atoms with E-state index in [0.717, 1.165) is 5.56 Å². The zero-order valence-electron chi connectivity index (χ0n) is 6.38. The summed E-state index contributed by atoms with van der Waals surface area (Å²) in [6.45, 7) is 1.68. The molecule has 1 rings (SSSR count). The highest BCUT2D eigenvalue weighted by Crippen LogP contribution is 2.22. The normalized spacial score (nSPS) is 11.8. The lowest BCUT2D eigenvalue weighted by Gasteiger charge is -1.99. The van der Waals surface area contributed by atoms with Crippen LogP contribution in [0.25, 0.3) is 0 Å². The minimum Gasteiger partial charge on any atom is -0.411 e. The van der Waals surface area contributed by atoms with E-state index in [1.165, 1.54) is 0 Å². The van der Waals surface area contributed by atoms with Crippen LogP contribution in [0.15, 0.2) is 23.4 Å². The first kappa shape index (κ1) is 9.36. The Labute approximate surface area is 80.4 Å². The van der Waals surface area contributed by atoms with E-state index in [2.05, 4.69) is 5.16 Å². The first-order valence-electron chi connectivity index (χ1n) is 3.29. The molecule has 0 saturated carbocycles. The SMILES string of the molecule is C/C(=N\O)c1ccc(Cl)c(Cl)c1. The monoisotopic (exact) mass is 203 g/mol. The van der Waals surface area contributed by atoms with Gasteiger partial charge >= 0.3 is 0 Å². The van der Waals surface area contributed by atoms with Gasteiger partial charge in [-0.05, 0) is 19.1 Å². The van der Waals surface area contributed by atoms with E-state index in [4.69, 9.17) is 28.4 Å². The molecule has 0 heterocycles. The van der Waals surface area contributed by atoms with Crippen LogP contribution in [0.2, 0.25) is 10.0 Å². The van der Waals surface area contributed by atoms with Gasteiger partial charge in [-0.2, -0.15) is 0 Å². The Kier molecular flexibility index (Phi) is 2.95. The van der Waals surface area contributed by atoms with Crippen molar-refractivity contribution in [2.24, 2.45) is 5.16 Å². The van der Waals surface area contributed by atoms with Crippen molar-refractivity contribution >= 4 is 28.9 Å². The summed E-state index contributed by atoms with van der Waals surface area (Å²) in [4.78, 5) is 0. The Morgan fingerprint density at radius 2 is 2.00 bits per heavy atom. The van der Waals surface area contributed by atoms with Crippen LogP contribution in [0.5, 0.6) is 0 Å². The number of rotatable bonds is 1. The molecule has 0 atom stereocenters. The van der Waals surface area contributed by atoms with E-state index in [1.54, 1.807) is 25.1 Å². The van der Waals surface area contributed by atoms with Crippen LogP contribution in [0.1, 0.15) is 12.5 Å². The van der Waals surface area contributed by atoms with E-state index in [9.17, 15) is 0 Å². The molecule has 2 nitrogen and oxygen atoms in total. The molecule has 1 aromatic rings. The molecular formula is C8H7Cl2NO. The Morgan fingerprint density at radius 1 is 1.33 bits per heavy atom. The molecule has 0 aliphatic carbocycles. The Hall–Kier alpha value is -0.730. The van der Waals surface area contributed by atoms with Crippen molar-refractivity contribution in [2.45, 2.75) is 6.92 Å². The number of hydrogen-bond donors (Lipinski definition) is 1. The standard InChI is InChI=1S/C8H7Cl2NO/c1-5(11-12)6-2-3-7(9)8(10)4-6/h2-4,12H,1H3/b11-5+. The fraction of sp³-hybridized carbons (Fsp3) is 0.125. The zero-order chi connectivity index (χ0) is 9.14. The van der Waals surface area contributed by atoms with Crippen LogP contribution in [0.3, 0.4) is 0 Å². The second-order valence-electron chi connectivity index (χ2n) is 2.31. The molecule has 0 unspecified atom stereocenters. The van der Waals surface area contributed by atoms with Gasteiger partial charge in [0.2, 0.25) is 0 Å². The van der Waals surface area contributed by atoms with Crippen molar-refractivity contribution in [3.63, 3.8) is 0 Å². The smallest absolute Gasteiger partial charge is 0.0837 e. The van der Waals surface area contributed by atoms with Crippen LogP contribution in [-0.4, -0.2) is 10.9 Å². The van der Waals surface area contributed by atoms with E-state index in [1.807, 2.05) is 0 Å². The lowest BCUT2D eigenvalue weighted by Crippen LogP contribution is -1.93. The minimum absolute atomic E-state index is 0.456. The number of benzene rings is 1. The van der Waals surface area contributed by atoms with Crippen LogP contribution in [0, 0.1) is 0 Å². The van der Waals surface area contributed by atoms with E-state index >= 15 is 0 Å². The summed E-state index contributed by atoms with van der Waals surface area (Å²) >= 11 is 11.4. The zero-order valence-corrected chi connectivity index (χ0v) is 7.89. The largest absolute Gasteiger partial charge is 0.411 e. The average molecular weight is 204 g/mol. The second-order valence-corrected chi connectivity index (χ2v) is 3.13. The van der Waals surface area contributed by atoms with E-state index < -0.39 is 0 Å². The molecule has 0 saturated heterocycles. The van der Waals surface area contributed by atoms with Crippen molar-refractivity contribution in [2.75, 3.05) is 0 Å². The van der Waals surface area contributed by atoms with Crippen LogP contribution in [-0.2, 0) is 0 Å². The third-order valence-electron chi connectivity index (χ3n) is 1.49. The topological polar surface area (TPSA) is 32.6 Å². The first-order valence-corrected chi connectivity index (χ1v) is 4.05. The molecule has 0 aliphatic heterocycles. The van der Waals surface area contributed by atoms with Gasteiger partial charge in [0.15, 0.2) is 0 Å². The van der Waals surface area contributed by atoms with Crippen molar-refractivity contribution in [1.29, 1.82) is 0 Å². The lowest BCUT2D eigenvalue weighted by molar-refractivity contribution is 0.319. The number of hydrogen-bond acceptors (Lipinski definition) is 2. The summed E-state index contributed by atoms with van der Waals surface area (Å²) < 4.78 is 0. The van der Waals surface area contributed by atoms with Crippen LogP contribution < -0.4 is 0 Å². The van der Waals surface area contributed by atoms with E-state index in [-0.39, 0.29) is 0 Å².